The predicted molar refractivity (Wildman–Crippen MR) is 88.2 cm³/mol. The fourth-order valence-corrected chi connectivity index (χ4v) is 3.95. The van der Waals surface area contributed by atoms with Gasteiger partial charge in [0.2, 0.25) is 5.91 Å². The van der Waals surface area contributed by atoms with E-state index >= 15 is 0 Å². The summed E-state index contributed by atoms with van der Waals surface area (Å²) in [5, 5.41) is 3.52. The van der Waals surface area contributed by atoms with Gasteiger partial charge in [0.05, 0.1) is 6.42 Å². The zero-order valence-electron chi connectivity index (χ0n) is 12.4. The summed E-state index contributed by atoms with van der Waals surface area (Å²) in [5.74, 6) is 0.280. The summed E-state index contributed by atoms with van der Waals surface area (Å²) in [6, 6.07) is 8.07. The van der Waals surface area contributed by atoms with Gasteiger partial charge >= 0.3 is 0 Å². The summed E-state index contributed by atoms with van der Waals surface area (Å²) in [5.41, 5.74) is 1.44. The third-order valence-electron chi connectivity index (χ3n) is 4.84. The van der Waals surface area contributed by atoms with Crippen LogP contribution in [-0.4, -0.2) is 37.0 Å². The number of halogens is 1. The molecule has 114 valence electrons. The highest BCUT2D eigenvalue weighted by Crippen LogP contribution is 2.36. The van der Waals surface area contributed by atoms with Gasteiger partial charge in [-0.05, 0) is 49.9 Å². The van der Waals surface area contributed by atoms with E-state index in [-0.39, 0.29) is 5.91 Å². The summed E-state index contributed by atoms with van der Waals surface area (Å²) < 4.78 is 1.06. The Morgan fingerprint density at radius 2 is 2.00 bits per heavy atom. The van der Waals surface area contributed by atoms with Crippen molar-refractivity contribution in [2.45, 2.75) is 32.1 Å². The zero-order valence-corrected chi connectivity index (χ0v) is 14.0. The number of hydrogen-bond acceptors (Lipinski definition) is 2. The maximum absolute atomic E-state index is 12.6. The van der Waals surface area contributed by atoms with Gasteiger partial charge in [0.1, 0.15) is 0 Å². The molecule has 0 aliphatic carbocycles. The van der Waals surface area contributed by atoms with Gasteiger partial charge in [0, 0.05) is 29.5 Å². The molecular weight excluding hydrogens is 328 g/mol. The molecule has 2 aliphatic rings. The minimum atomic E-state index is 0.280. The van der Waals surface area contributed by atoms with Crippen LogP contribution in [0.2, 0.25) is 0 Å². The van der Waals surface area contributed by atoms with Crippen LogP contribution in [0.25, 0.3) is 0 Å². The highest BCUT2D eigenvalue weighted by atomic mass is 79.9. The first-order chi connectivity index (χ1) is 10.2. The topological polar surface area (TPSA) is 32.3 Å². The highest BCUT2D eigenvalue weighted by molar-refractivity contribution is 9.10. The molecule has 0 aromatic heterocycles. The maximum atomic E-state index is 12.6. The number of carbonyl (C=O) groups is 1. The second kappa shape index (κ2) is 6.49. The number of hydrogen-bond donors (Lipinski definition) is 1. The number of amides is 1. The Balaban J connectivity index is 1.62. The minimum absolute atomic E-state index is 0.280. The van der Waals surface area contributed by atoms with E-state index in [9.17, 15) is 4.79 Å². The third kappa shape index (κ3) is 3.67. The van der Waals surface area contributed by atoms with Gasteiger partial charge in [-0.25, -0.2) is 0 Å². The average Bonchev–Trinajstić information content (AvgIpc) is 2.50. The van der Waals surface area contributed by atoms with Gasteiger partial charge in [-0.15, -0.1) is 0 Å². The van der Waals surface area contributed by atoms with Gasteiger partial charge in [-0.1, -0.05) is 28.1 Å². The van der Waals surface area contributed by atoms with Crippen molar-refractivity contribution in [3.63, 3.8) is 0 Å². The fourth-order valence-electron chi connectivity index (χ4n) is 3.69. The summed E-state index contributed by atoms with van der Waals surface area (Å²) in [6.45, 7) is 4.08. The highest BCUT2D eigenvalue weighted by Gasteiger charge is 2.37. The molecule has 2 fully saturated rings. The molecule has 1 N–H and O–H groups in total. The van der Waals surface area contributed by atoms with E-state index in [4.69, 9.17) is 0 Å². The lowest BCUT2D eigenvalue weighted by Gasteiger charge is -2.45. The van der Waals surface area contributed by atoms with Crippen LogP contribution in [0.4, 0.5) is 0 Å². The van der Waals surface area contributed by atoms with Crippen molar-refractivity contribution in [3.05, 3.63) is 34.3 Å². The van der Waals surface area contributed by atoms with Crippen molar-refractivity contribution in [1.29, 1.82) is 0 Å². The van der Waals surface area contributed by atoms with E-state index in [0.717, 1.165) is 42.6 Å². The molecule has 3 rings (SSSR count). The first-order valence-corrected chi connectivity index (χ1v) is 8.69. The maximum Gasteiger partial charge on any atom is 0.227 e. The minimum Gasteiger partial charge on any atom is -0.342 e. The lowest BCUT2D eigenvalue weighted by Crippen LogP contribution is -2.52. The molecule has 1 unspecified atom stereocenters. The van der Waals surface area contributed by atoms with E-state index < -0.39 is 0 Å². The second-order valence-corrected chi connectivity index (χ2v) is 7.42. The Hall–Kier alpha value is -0.870. The molecule has 0 saturated carbocycles. The molecule has 21 heavy (non-hydrogen) atoms. The van der Waals surface area contributed by atoms with Gasteiger partial charge in [-0.2, -0.15) is 0 Å². The van der Waals surface area contributed by atoms with Crippen molar-refractivity contribution in [3.8, 4) is 0 Å². The molecule has 0 bridgehead atoms. The van der Waals surface area contributed by atoms with Gasteiger partial charge in [-0.3, -0.25) is 4.79 Å². The molecule has 1 aromatic carbocycles. The largest absolute Gasteiger partial charge is 0.342 e. The number of rotatable bonds is 2. The molecule has 2 aliphatic heterocycles. The summed E-state index contributed by atoms with van der Waals surface area (Å²) >= 11 is 3.43. The van der Waals surface area contributed by atoms with Crippen LogP contribution in [0.15, 0.2) is 28.7 Å². The monoisotopic (exact) mass is 350 g/mol. The number of carbonyl (C=O) groups excluding carboxylic acids is 1. The zero-order chi connectivity index (χ0) is 14.7. The normalized spacial score (nSPS) is 26.0. The number of benzene rings is 1. The Morgan fingerprint density at radius 3 is 2.71 bits per heavy atom. The van der Waals surface area contributed by atoms with E-state index in [0.29, 0.717) is 11.8 Å². The summed E-state index contributed by atoms with van der Waals surface area (Å²) in [6.07, 6.45) is 5.45. The number of nitrogens with one attached hydrogen (secondary N) is 1. The Labute approximate surface area is 135 Å². The van der Waals surface area contributed by atoms with Crippen molar-refractivity contribution >= 4 is 21.8 Å². The Kier molecular flexibility index (Phi) is 4.65. The third-order valence-corrected chi connectivity index (χ3v) is 5.37. The molecule has 4 heteroatoms. The predicted octanol–water partition coefficient (Wildman–Crippen LogP) is 2.98. The molecule has 1 amide bonds. The first-order valence-electron chi connectivity index (χ1n) is 7.90. The molecular formula is C17H23BrN2O. The summed E-state index contributed by atoms with van der Waals surface area (Å²) in [4.78, 5) is 14.7. The van der Waals surface area contributed by atoms with Crippen LogP contribution in [-0.2, 0) is 11.2 Å². The van der Waals surface area contributed by atoms with Gasteiger partial charge < -0.3 is 10.2 Å². The van der Waals surface area contributed by atoms with E-state index in [1.54, 1.807) is 0 Å². The molecule has 2 heterocycles. The molecule has 0 radical (unpaired) electrons. The fraction of sp³-hybridized carbons (Fsp3) is 0.588. The molecule has 3 nitrogen and oxygen atoms in total. The van der Waals surface area contributed by atoms with Crippen molar-refractivity contribution < 1.29 is 4.79 Å². The van der Waals surface area contributed by atoms with E-state index in [2.05, 4.69) is 26.1 Å². The lowest BCUT2D eigenvalue weighted by atomic mass is 9.74. The molecule has 1 aromatic rings. The average molecular weight is 351 g/mol. The first kappa shape index (κ1) is 15.0. The van der Waals surface area contributed by atoms with Gasteiger partial charge in [0.15, 0.2) is 0 Å². The van der Waals surface area contributed by atoms with Crippen LogP contribution in [0, 0.1) is 5.41 Å². The Bertz CT molecular complexity index is 489. The van der Waals surface area contributed by atoms with Crippen LogP contribution in [0.1, 0.15) is 31.2 Å². The van der Waals surface area contributed by atoms with E-state index in [1.807, 2.05) is 24.3 Å². The van der Waals surface area contributed by atoms with E-state index in [1.165, 1.54) is 19.3 Å². The SMILES string of the molecule is O=C(Cc1ccc(Br)cc1)N1CCCC2(CCCNC2)C1. The van der Waals surface area contributed by atoms with Crippen LogP contribution in [0.5, 0.6) is 0 Å². The van der Waals surface area contributed by atoms with Crippen molar-refractivity contribution in [2.24, 2.45) is 5.41 Å². The van der Waals surface area contributed by atoms with Gasteiger partial charge in [0.25, 0.3) is 0 Å². The van der Waals surface area contributed by atoms with Crippen molar-refractivity contribution in [2.75, 3.05) is 26.2 Å². The van der Waals surface area contributed by atoms with Crippen molar-refractivity contribution in [1.82, 2.24) is 10.2 Å². The van der Waals surface area contributed by atoms with Crippen LogP contribution in [0.3, 0.4) is 0 Å². The number of piperidine rings is 2. The molecule has 1 spiro atoms. The second-order valence-electron chi connectivity index (χ2n) is 6.50. The Morgan fingerprint density at radius 1 is 1.24 bits per heavy atom. The molecule has 2 saturated heterocycles. The van der Waals surface area contributed by atoms with Crippen LogP contribution >= 0.6 is 15.9 Å². The number of nitrogens with zero attached hydrogens (tertiary/aromatic N) is 1. The number of likely N-dealkylation sites (tertiary alicyclic amines) is 1. The standard InChI is InChI=1S/C17H23BrN2O/c18-15-5-3-14(4-6-15)11-16(21)20-10-2-8-17(13-20)7-1-9-19-12-17/h3-6,19H,1-2,7-13H2. The summed E-state index contributed by atoms with van der Waals surface area (Å²) in [7, 11) is 0. The van der Waals surface area contributed by atoms with Crippen LogP contribution < -0.4 is 5.32 Å². The quantitative estimate of drug-likeness (QED) is 0.889. The lowest BCUT2D eigenvalue weighted by molar-refractivity contribution is -0.134. The smallest absolute Gasteiger partial charge is 0.227 e. The molecule has 1 atom stereocenters.